The zero-order chi connectivity index (χ0) is 9.47. The van der Waals surface area contributed by atoms with E-state index in [0.29, 0.717) is 0 Å². The van der Waals surface area contributed by atoms with Crippen LogP contribution in [0, 0.1) is 6.92 Å². The third-order valence-corrected chi connectivity index (χ3v) is 2.88. The van der Waals surface area contributed by atoms with Crippen molar-refractivity contribution >= 4 is 18.3 Å². The average molecular weight is 212 g/mol. The first-order valence-electron chi connectivity index (χ1n) is 4.53. The number of aryl methyl sites for hydroxylation is 1. The third kappa shape index (κ3) is 1.50. The highest BCUT2D eigenvalue weighted by Crippen LogP contribution is 2.48. The zero-order valence-corrected chi connectivity index (χ0v) is 8.93. The molecule has 0 bridgehead atoms. The van der Waals surface area contributed by atoms with Crippen LogP contribution in [0.25, 0.3) is 0 Å². The number of carbonyl (C=O) groups excluding carboxylic acids is 1. The van der Waals surface area contributed by atoms with Crippen molar-refractivity contribution in [1.29, 1.82) is 0 Å². The zero-order valence-electron chi connectivity index (χ0n) is 8.12. The predicted octanol–water partition coefficient (Wildman–Crippen LogP) is 1.93. The molecule has 14 heavy (non-hydrogen) atoms. The molecule has 1 aromatic rings. The van der Waals surface area contributed by atoms with Gasteiger partial charge in [0.1, 0.15) is 0 Å². The number of amides is 1. The summed E-state index contributed by atoms with van der Waals surface area (Å²) in [6, 6.07) is 7.98. The molecule has 0 atom stereocenters. The molecule has 2 rings (SSSR count). The Morgan fingerprint density at radius 3 is 2.36 bits per heavy atom. The number of halogens is 1. The summed E-state index contributed by atoms with van der Waals surface area (Å²) in [5, 5.41) is 0. The fraction of sp³-hybridized carbons (Fsp3) is 0.364. The quantitative estimate of drug-likeness (QED) is 0.798. The van der Waals surface area contributed by atoms with Gasteiger partial charge in [0.25, 0.3) is 0 Å². The van der Waals surface area contributed by atoms with Gasteiger partial charge in [0.2, 0.25) is 5.91 Å². The average Bonchev–Trinajstić information content (AvgIpc) is 2.85. The van der Waals surface area contributed by atoms with E-state index in [4.69, 9.17) is 5.73 Å². The van der Waals surface area contributed by atoms with E-state index in [0.717, 1.165) is 18.4 Å². The maximum absolute atomic E-state index is 11.3. The van der Waals surface area contributed by atoms with E-state index in [1.807, 2.05) is 31.2 Å². The Kier molecular flexibility index (Phi) is 2.86. The highest BCUT2D eigenvalue weighted by Gasteiger charge is 2.50. The minimum absolute atomic E-state index is 0. The minimum Gasteiger partial charge on any atom is -0.369 e. The van der Waals surface area contributed by atoms with E-state index >= 15 is 0 Å². The second-order valence-electron chi connectivity index (χ2n) is 3.76. The highest BCUT2D eigenvalue weighted by atomic mass is 35.5. The molecule has 1 aromatic carbocycles. The van der Waals surface area contributed by atoms with Gasteiger partial charge in [-0.1, -0.05) is 24.3 Å². The largest absolute Gasteiger partial charge is 0.369 e. The maximum Gasteiger partial charge on any atom is 0.228 e. The van der Waals surface area contributed by atoms with Gasteiger partial charge in [0, 0.05) is 0 Å². The van der Waals surface area contributed by atoms with Crippen LogP contribution in [0.3, 0.4) is 0 Å². The van der Waals surface area contributed by atoms with Gasteiger partial charge in [0.15, 0.2) is 0 Å². The Morgan fingerprint density at radius 1 is 1.36 bits per heavy atom. The van der Waals surface area contributed by atoms with Gasteiger partial charge in [-0.3, -0.25) is 4.79 Å². The van der Waals surface area contributed by atoms with Crippen molar-refractivity contribution in [3.8, 4) is 0 Å². The normalized spacial score (nSPS) is 16.9. The van der Waals surface area contributed by atoms with Crippen LogP contribution in [0.2, 0.25) is 0 Å². The standard InChI is InChI=1S/C11H13NO.ClH/c1-8-4-2-3-5-9(8)11(6-7-11)10(12)13;/h2-5H,6-7H2,1H3,(H2,12,13);1H. The van der Waals surface area contributed by atoms with Crippen molar-refractivity contribution in [3.05, 3.63) is 35.4 Å². The van der Waals surface area contributed by atoms with Crippen LogP contribution in [0.4, 0.5) is 0 Å². The lowest BCUT2D eigenvalue weighted by atomic mass is 9.91. The number of hydrogen-bond donors (Lipinski definition) is 1. The third-order valence-electron chi connectivity index (χ3n) is 2.88. The molecule has 1 aliphatic rings. The Labute approximate surface area is 89.9 Å². The van der Waals surface area contributed by atoms with Crippen molar-refractivity contribution < 1.29 is 4.79 Å². The lowest BCUT2D eigenvalue weighted by Crippen LogP contribution is -2.28. The van der Waals surface area contributed by atoms with Crippen LogP contribution in [0.5, 0.6) is 0 Å². The minimum atomic E-state index is -0.328. The summed E-state index contributed by atoms with van der Waals surface area (Å²) in [5.74, 6) is -0.179. The highest BCUT2D eigenvalue weighted by molar-refractivity contribution is 5.90. The summed E-state index contributed by atoms with van der Waals surface area (Å²) < 4.78 is 0. The van der Waals surface area contributed by atoms with Crippen molar-refractivity contribution in [3.63, 3.8) is 0 Å². The van der Waals surface area contributed by atoms with E-state index in [1.54, 1.807) is 0 Å². The van der Waals surface area contributed by atoms with Gasteiger partial charge in [-0.25, -0.2) is 0 Å². The molecule has 1 amide bonds. The molecule has 2 N–H and O–H groups in total. The number of rotatable bonds is 2. The summed E-state index contributed by atoms with van der Waals surface area (Å²) in [4.78, 5) is 11.3. The molecule has 0 unspecified atom stereocenters. The van der Waals surface area contributed by atoms with Crippen molar-refractivity contribution in [2.24, 2.45) is 5.73 Å². The summed E-state index contributed by atoms with van der Waals surface area (Å²) in [7, 11) is 0. The summed E-state index contributed by atoms with van der Waals surface area (Å²) >= 11 is 0. The molecule has 1 saturated carbocycles. The molecule has 0 saturated heterocycles. The molecule has 2 nitrogen and oxygen atoms in total. The van der Waals surface area contributed by atoms with Gasteiger partial charge in [-0.2, -0.15) is 0 Å². The second-order valence-corrected chi connectivity index (χ2v) is 3.76. The fourth-order valence-corrected chi connectivity index (χ4v) is 1.88. The van der Waals surface area contributed by atoms with E-state index < -0.39 is 0 Å². The second kappa shape index (κ2) is 3.62. The molecule has 0 heterocycles. The summed E-state index contributed by atoms with van der Waals surface area (Å²) in [6.07, 6.45) is 1.82. The number of hydrogen-bond acceptors (Lipinski definition) is 1. The van der Waals surface area contributed by atoms with Crippen LogP contribution in [-0.4, -0.2) is 5.91 Å². The molecule has 0 radical (unpaired) electrons. The molecule has 0 aliphatic heterocycles. The molecule has 1 fully saturated rings. The molecule has 0 aromatic heterocycles. The van der Waals surface area contributed by atoms with Crippen LogP contribution >= 0.6 is 12.4 Å². The monoisotopic (exact) mass is 211 g/mol. The molecule has 0 spiro atoms. The first-order chi connectivity index (χ1) is 6.17. The predicted molar refractivity (Wildman–Crippen MR) is 58.5 cm³/mol. The van der Waals surface area contributed by atoms with Gasteiger partial charge in [-0.05, 0) is 30.9 Å². The van der Waals surface area contributed by atoms with Crippen LogP contribution in [0.1, 0.15) is 24.0 Å². The first-order valence-corrected chi connectivity index (χ1v) is 4.53. The van der Waals surface area contributed by atoms with Crippen molar-refractivity contribution in [2.75, 3.05) is 0 Å². The van der Waals surface area contributed by atoms with Gasteiger partial charge in [0.05, 0.1) is 5.41 Å². The van der Waals surface area contributed by atoms with E-state index in [1.165, 1.54) is 5.56 Å². The molecule has 76 valence electrons. The summed E-state index contributed by atoms with van der Waals surface area (Å²) in [5.41, 5.74) is 7.35. The van der Waals surface area contributed by atoms with Crippen LogP contribution in [-0.2, 0) is 10.2 Å². The number of carbonyl (C=O) groups is 1. The molecular formula is C11H14ClNO. The molecule has 3 heteroatoms. The Hall–Kier alpha value is -1.02. The molecular weight excluding hydrogens is 198 g/mol. The number of benzene rings is 1. The topological polar surface area (TPSA) is 43.1 Å². The van der Waals surface area contributed by atoms with Crippen LogP contribution in [0.15, 0.2) is 24.3 Å². The van der Waals surface area contributed by atoms with Crippen molar-refractivity contribution in [1.82, 2.24) is 0 Å². The van der Waals surface area contributed by atoms with Crippen molar-refractivity contribution in [2.45, 2.75) is 25.2 Å². The smallest absolute Gasteiger partial charge is 0.228 e. The first kappa shape index (κ1) is 11.1. The van der Waals surface area contributed by atoms with Gasteiger partial charge in [-0.15, -0.1) is 12.4 Å². The van der Waals surface area contributed by atoms with Crippen LogP contribution < -0.4 is 5.73 Å². The lowest BCUT2D eigenvalue weighted by Gasteiger charge is -2.13. The van der Waals surface area contributed by atoms with E-state index in [9.17, 15) is 4.79 Å². The van der Waals surface area contributed by atoms with Gasteiger partial charge >= 0.3 is 0 Å². The number of nitrogens with two attached hydrogens (primary N) is 1. The SMILES string of the molecule is Cc1ccccc1C1(C(N)=O)CC1.Cl. The van der Waals surface area contributed by atoms with Gasteiger partial charge < -0.3 is 5.73 Å². The lowest BCUT2D eigenvalue weighted by molar-refractivity contribution is -0.120. The Morgan fingerprint density at radius 2 is 1.93 bits per heavy atom. The fourth-order valence-electron chi connectivity index (χ4n) is 1.88. The Bertz CT molecular complexity index is 358. The molecule has 1 aliphatic carbocycles. The number of primary amides is 1. The Balaban J connectivity index is 0.000000980. The maximum atomic E-state index is 11.3. The van der Waals surface area contributed by atoms with E-state index in [2.05, 4.69) is 0 Å². The summed E-state index contributed by atoms with van der Waals surface area (Å²) in [6.45, 7) is 2.03. The van der Waals surface area contributed by atoms with E-state index in [-0.39, 0.29) is 23.7 Å².